The van der Waals surface area contributed by atoms with Crippen molar-refractivity contribution in [3.05, 3.63) is 88.3 Å². The van der Waals surface area contributed by atoms with Crippen LogP contribution in [0.2, 0.25) is 0 Å². The summed E-state index contributed by atoms with van der Waals surface area (Å²) >= 11 is 3.39. The molecule has 31 heavy (non-hydrogen) atoms. The van der Waals surface area contributed by atoms with Gasteiger partial charge in [0.25, 0.3) is 5.91 Å². The van der Waals surface area contributed by atoms with E-state index in [1.54, 1.807) is 42.5 Å². The van der Waals surface area contributed by atoms with Crippen LogP contribution in [-0.2, 0) is 9.59 Å². The first-order valence-electron chi connectivity index (χ1n) is 9.24. The van der Waals surface area contributed by atoms with Gasteiger partial charge in [0.2, 0.25) is 0 Å². The Morgan fingerprint density at radius 2 is 1.97 bits per heavy atom. The molecule has 8 heteroatoms. The quantitative estimate of drug-likeness (QED) is 0.168. The molecule has 0 spiro atoms. The van der Waals surface area contributed by atoms with Crippen molar-refractivity contribution >= 4 is 40.1 Å². The second-order valence-electron chi connectivity index (χ2n) is 6.35. The molecule has 2 aromatic carbocycles. The van der Waals surface area contributed by atoms with Gasteiger partial charge in [-0.1, -0.05) is 6.07 Å². The number of furan rings is 1. The number of nitrogens with zero attached hydrogens (tertiary/aromatic N) is 1. The van der Waals surface area contributed by atoms with Gasteiger partial charge < -0.3 is 13.9 Å². The van der Waals surface area contributed by atoms with E-state index in [1.807, 2.05) is 19.1 Å². The Hall–Kier alpha value is -3.65. The van der Waals surface area contributed by atoms with Crippen LogP contribution in [0, 0.1) is 6.92 Å². The van der Waals surface area contributed by atoms with E-state index in [0.29, 0.717) is 22.8 Å². The van der Waals surface area contributed by atoms with E-state index in [-0.39, 0.29) is 6.61 Å². The van der Waals surface area contributed by atoms with Gasteiger partial charge in [-0.25, -0.2) is 10.2 Å². The highest BCUT2D eigenvalue weighted by molar-refractivity contribution is 9.10. The number of halogens is 1. The van der Waals surface area contributed by atoms with Crippen molar-refractivity contribution in [2.24, 2.45) is 5.10 Å². The van der Waals surface area contributed by atoms with Crippen LogP contribution in [0.1, 0.15) is 16.9 Å². The zero-order valence-electron chi connectivity index (χ0n) is 16.6. The number of benzene rings is 2. The Labute approximate surface area is 187 Å². The van der Waals surface area contributed by atoms with Crippen LogP contribution in [0.5, 0.6) is 11.5 Å². The first kappa shape index (κ1) is 22.0. The first-order valence-corrected chi connectivity index (χ1v) is 10.0. The van der Waals surface area contributed by atoms with Crippen molar-refractivity contribution in [2.75, 3.05) is 6.61 Å². The molecule has 0 aliphatic heterocycles. The SMILES string of the molecule is Cc1ccc(OCC(=O)NN=Cc2ccc(OC(=O)/C=C/c3ccco3)cc2)c(Br)c1. The average Bonchev–Trinajstić information content (AvgIpc) is 3.27. The minimum absolute atomic E-state index is 0.167. The fraction of sp³-hybridized carbons (Fsp3) is 0.0870. The minimum Gasteiger partial charge on any atom is -0.483 e. The minimum atomic E-state index is -0.523. The highest BCUT2D eigenvalue weighted by Crippen LogP contribution is 2.25. The molecular formula is C23H19BrN2O5. The summed E-state index contributed by atoms with van der Waals surface area (Å²) in [7, 11) is 0. The maximum Gasteiger partial charge on any atom is 0.336 e. The van der Waals surface area contributed by atoms with Crippen LogP contribution in [0.15, 0.2) is 80.9 Å². The van der Waals surface area contributed by atoms with Gasteiger partial charge in [-0.2, -0.15) is 5.10 Å². The number of amides is 1. The van der Waals surface area contributed by atoms with E-state index in [9.17, 15) is 9.59 Å². The highest BCUT2D eigenvalue weighted by Gasteiger charge is 2.05. The third kappa shape index (κ3) is 7.27. The van der Waals surface area contributed by atoms with E-state index in [2.05, 4.69) is 26.5 Å². The standard InChI is InChI=1S/C23H19BrN2O5/c1-16-4-10-21(20(24)13-16)30-15-22(27)26-25-14-17-5-7-19(8-6-17)31-23(28)11-9-18-3-2-12-29-18/h2-14H,15H2,1H3,(H,26,27)/b11-9+,25-14?. The van der Waals surface area contributed by atoms with Crippen LogP contribution in [-0.4, -0.2) is 24.7 Å². The molecule has 0 unspecified atom stereocenters. The molecule has 0 saturated carbocycles. The van der Waals surface area contributed by atoms with Gasteiger partial charge in [0.05, 0.1) is 17.0 Å². The normalized spacial score (nSPS) is 11.0. The van der Waals surface area contributed by atoms with Crippen LogP contribution in [0.25, 0.3) is 6.08 Å². The summed E-state index contributed by atoms with van der Waals surface area (Å²) < 4.78 is 16.5. The lowest BCUT2D eigenvalue weighted by molar-refractivity contribution is -0.129. The van der Waals surface area contributed by atoms with Crippen molar-refractivity contribution in [1.82, 2.24) is 5.43 Å². The summed E-state index contributed by atoms with van der Waals surface area (Å²) in [5.74, 6) is 0.603. The highest BCUT2D eigenvalue weighted by atomic mass is 79.9. The summed E-state index contributed by atoms with van der Waals surface area (Å²) in [6.07, 6.45) is 5.79. The molecule has 0 fully saturated rings. The lowest BCUT2D eigenvalue weighted by atomic mass is 10.2. The van der Waals surface area contributed by atoms with Gasteiger partial charge in [0.15, 0.2) is 6.61 Å². The van der Waals surface area contributed by atoms with Crippen molar-refractivity contribution in [1.29, 1.82) is 0 Å². The Balaban J connectivity index is 1.43. The van der Waals surface area contributed by atoms with Crippen LogP contribution >= 0.6 is 15.9 Å². The lowest BCUT2D eigenvalue weighted by Gasteiger charge is -2.07. The van der Waals surface area contributed by atoms with Crippen molar-refractivity contribution in [2.45, 2.75) is 6.92 Å². The molecule has 3 aromatic rings. The van der Waals surface area contributed by atoms with Crippen molar-refractivity contribution in [3.63, 3.8) is 0 Å². The van der Waals surface area contributed by atoms with Crippen molar-refractivity contribution in [3.8, 4) is 11.5 Å². The number of nitrogens with one attached hydrogen (secondary N) is 1. The molecule has 7 nitrogen and oxygen atoms in total. The first-order chi connectivity index (χ1) is 15.0. The molecule has 1 aromatic heterocycles. The summed E-state index contributed by atoms with van der Waals surface area (Å²) in [4.78, 5) is 23.7. The molecule has 3 rings (SSSR count). The maximum absolute atomic E-state index is 11.9. The smallest absolute Gasteiger partial charge is 0.336 e. The monoisotopic (exact) mass is 482 g/mol. The topological polar surface area (TPSA) is 90.1 Å². The number of aryl methyl sites for hydroxylation is 1. The third-order valence-corrected chi connectivity index (χ3v) is 4.49. The Bertz CT molecular complexity index is 1090. The third-order valence-electron chi connectivity index (χ3n) is 3.87. The zero-order valence-corrected chi connectivity index (χ0v) is 18.2. The van der Waals surface area contributed by atoms with Gasteiger partial charge in [-0.3, -0.25) is 4.79 Å². The van der Waals surface area contributed by atoms with Gasteiger partial charge >= 0.3 is 5.97 Å². The second kappa shape index (κ2) is 10.9. The number of carbonyl (C=O) groups excluding carboxylic acids is 2. The fourth-order valence-corrected chi connectivity index (χ4v) is 2.99. The molecule has 1 amide bonds. The summed E-state index contributed by atoms with van der Waals surface area (Å²) in [6, 6.07) is 15.7. The molecule has 0 aliphatic carbocycles. The Kier molecular flexibility index (Phi) is 7.78. The predicted molar refractivity (Wildman–Crippen MR) is 120 cm³/mol. The van der Waals surface area contributed by atoms with Crippen molar-refractivity contribution < 1.29 is 23.5 Å². The van der Waals surface area contributed by atoms with E-state index in [1.165, 1.54) is 24.6 Å². The summed E-state index contributed by atoms with van der Waals surface area (Å²) in [5, 5.41) is 3.89. The number of carbonyl (C=O) groups is 2. The van der Waals surface area contributed by atoms with Gasteiger partial charge in [0.1, 0.15) is 17.3 Å². The molecule has 0 bridgehead atoms. The predicted octanol–water partition coefficient (Wildman–Crippen LogP) is 4.50. The van der Waals surface area contributed by atoms with Crippen LogP contribution < -0.4 is 14.9 Å². The molecule has 0 radical (unpaired) electrons. The zero-order chi connectivity index (χ0) is 22.1. The summed E-state index contributed by atoms with van der Waals surface area (Å²) in [5.41, 5.74) is 4.19. The van der Waals surface area contributed by atoms with Gasteiger partial charge in [-0.15, -0.1) is 0 Å². The maximum atomic E-state index is 11.9. The Morgan fingerprint density at radius 1 is 1.16 bits per heavy atom. The van der Waals surface area contributed by atoms with Crippen LogP contribution in [0.3, 0.4) is 0 Å². The van der Waals surface area contributed by atoms with E-state index in [0.717, 1.165) is 10.0 Å². The summed E-state index contributed by atoms with van der Waals surface area (Å²) in [6.45, 7) is 1.80. The largest absolute Gasteiger partial charge is 0.483 e. The average molecular weight is 483 g/mol. The molecule has 0 saturated heterocycles. The number of hydrogen-bond acceptors (Lipinski definition) is 6. The Morgan fingerprint density at radius 3 is 2.68 bits per heavy atom. The lowest BCUT2D eigenvalue weighted by Crippen LogP contribution is -2.24. The fourth-order valence-electron chi connectivity index (χ4n) is 2.39. The number of rotatable bonds is 8. The molecular weight excluding hydrogens is 464 g/mol. The molecule has 0 atom stereocenters. The van der Waals surface area contributed by atoms with E-state index in [4.69, 9.17) is 13.9 Å². The van der Waals surface area contributed by atoms with Gasteiger partial charge in [0, 0.05) is 6.08 Å². The molecule has 1 heterocycles. The van der Waals surface area contributed by atoms with E-state index < -0.39 is 11.9 Å². The van der Waals surface area contributed by atoms with Gasteiger partial charge in [-0.05, 0) is 88.6 Å². The molecule has 158 valence electrons. The number of esters is 1. The number of hydrogen-bond donors (Lipinski definition) is 1. The number of ether oxygens (including phenoxy) is 2. The second-order valence-corrected chi connectivity index (χ2v) is 7.21. The van der Waals surface area contributed by atoms with Crippen LogP contribution in [0.4, 0.5) is 0 Å². The van der Waals surface area contributed by atoms with E-state index >= 15 is 0 Å². The molecule has 0 aliphatic rings. The number of hydrazone groups is 1. The molecule has 1 N–H and O–H groups in total.